The molecule has 1 N–H and O–H groups in total. The molecule has 7 nitrogen and oxygen atoms in total. The minimum Gasteiger partial charge on any atom is -0.376 e. The van der Waals surface area contributed by atoms with Crippen molar-refractivity contribution in [3.63, 3.8) is 0 Å². The van der Waals surface area contributed by atoms with Crippen LogP contribution in [-0.2, 0) is 16.1 Å². The van der Waals surface area contributed by atoms with Gasteiger partial charge in [0.2, 0.25) is 5.91 Å². The van der Waals surface area contributed by atoms with Crippen LogP contribution in [0.25, 0.3) is 15.9 Å². The molecule has 0 saturated carbocycles. The molecule has 0 bridgehead atoms. The summed E-state index contributed by atoms with van der Waals surface area (Å²) in [6.45, 7) is 4.84. The van der Waals surface area contributed by atoms with Gasteiger partial charge in [0.1, 0.15) is 11.2 Å². The highest BCUT2D eigenvalue weighted by molar-refractivity contribution is 7.17. The molecule has 3 heterocycles. The zero-order valence-electron chi connectivity index (χ0n) is 16.4. The molecule has 1 amide bonds. The molecule has 29 heavy (non-hydrogen) atoms. The van der Waals surface area contributed by atoms with Gasteiger partial charge in [-0.05, 0) is 61.4 Å². The highest BCUT2D eigenvalue weighted by atomic mass is 32.1. The number of thiophene rings is 1. The molecule has 152 valence electrons. The first-order valence-corrected chi connectivity index (χ1v) is 10.5. The van der Waals surface area contributed by atoms with Crippen molar-refractivity contribution in [2.24, 2.45) is 0 Å². The predicted octanol–water partition coefficient (Wildman–Crippen LogP) is 2.13. The lowest BCUT2D eigenvalue weighted by Crippen LogP contribution is -2.42. The van der Waals surface area contributed by atoms with Crippen LogP contribution in [0.2, 0.25) is 0 Å². The second kappa shape index (κ2) is 7.96. The number of carbonyl (C=O) groups is 1. The summed E-state index contributed by atoms with van der Waals surface area (Å²) in [4.78, 5) is 38.8. The van der Waals surface area contributed by atoms with Gasteiger partial charge in [-0.2, -0.15) is 0 Å². The van der Waals surface area contributed by atoms with Crippen molar-refractivity contribution in [3.05, 3.63) is 61.6 Å². The molecule has 1 fully saturated rings. The van der Waals surface area contributed by atoms with Gasteiger partial charge in [0, 0.05) is 13.2 Å². The number of fused-ring (bicyclic) bond motifs is 1. The summed E-state index contributed by atoms with van der Waals surface area (Å²) in [6, 6.07) is 7.30. The Hall–Kier alpha value is -2.71. The Morgan fingerprint density at radius 2 is 2.00 bits per heavy atom. The fraction of sp³-hybridized carbons (Fsp3) is 0.381. The van der Waals surface area contributed by atoms with Gasteiger partial charge in [0.15, 0.2) is 0 Å². The maximum Gasteiger partial charge on any atom is 0.336 e. The summed E-state index contributed by atoms with van der Waals surface area (Å²) in [7, 11) is 0. The van der Waals surface area contributed by atoms with Crippen LogP contribution >= 0.6 is 11.3 Å². The van der Waals surface area contributed by atoms with Gasteiger partial charge in [-0.25, -0.2) is 9.36 Å². The van der Waals surface area contributed by atoms with Gasteiger partial charge in [-0.3, -0.25) is 14.2 Å². The Labute approximate surface area is 171 Å². The van der Waals surface area contributed by atoms with Crippen molar-refractivity contribution in [3.8, 4) is 5.69 Å². The lowest BCUT2D eigenvalue weighted by atomic mass is 10.1. The zero-order chi connectivity index (χ0) is 20.5. The molecule has 3 aromatic rings. The third-order valence-electron chi connectivity index (χ3n) is 5.07. The number of hydrogen-bond donors (Lipinski definition) is 1. The Morgan fingerprint density at radius 3 is 2.69 bits per heavy atom. The number of carbonyl (C=O) groups excluding carboxylic acids is 1. The summed E-state index contributed by atoms with van der Waals surface area (Å²) < 4.78 is 8.51. The normalized spacial score (nSPS) is 16.4. The Kier molecular flexibility index (Phi) is 5.38. The molecule has 4 rings (SSSR count). The van der Waals surface area contributed by atoms with Gasteiger partial charge in [-0.15, -0.1) is 11.3 Å². The number of aromatic nitrogens is 2. The average molecular weight is 413 g/mol. The monoisotopic (exact) mass is 413 g/mol. The first-order valence-electron chi connectivity index (χ1n) is 9.64. The average Bonchev–Trinajstić information content (AvgIpc) is 3.34. The van der Waals surface area contributed by atoms with Gasteiger partial charge >= 0.3 is 5.69 Å². The third kappa shape index (κ3) is 3.90. The van der Waals surface area contributed by atoms with Crippen molar-refractivity contribution < 1.29 is 9.53 Å². The number of aryl methyl sites for hydroxylation is 2. The van der Waals surface area contributed by atoms with Crippen LogP contribution in [0.4, 0.5) is 0 Å². The van der Waals surface area contributed by atoms with Gasteiger partial charge in [0.25, 0.3) is 5.56 Å². The van der Waals surface area contributed by atoms with E-state index in [9.17, 15) is 14.4 Å². The van der Waals surface area contributed by atoms with Crippen LogP contribution in [0.3, 0.4) is 0 Å². The molecule has 1 atom stereocenters. The minimum atomic E-state index is -0.516. The van der Waals surface area contributed by atoms with Crippen molar-refractivity contribution in [1.82, 2.24) is 14.5 Å². The van der Waals surface area contributed by atoms with Crippen LogP contribution in [0, 0.1) is 13.8 Å². The van der Waals surface area contributed by atoms with Gasteiger partial charge in [0.05, 0.1) is 17.3 Å². The molecule has 0 aliphatic carbocycles. The second-order valence-electron chi connectivity index (χ2n) is 7.43. The molecule has 1 aliphatic rings. The van der Waals surface area contributed by atoms with E-state index in [0.29, 0.717) is 22.4 Å². The van der Waals surface area contributed by atoms with Gasteiger partial charge < -0.3 is 10.1 Å². The summed E-state index contributed by atoms with van der Waals surface area (Å²) in [6.07, 6.45) is 1.95. The fourth-order valence-electron chi connectivity index (χ4n) is 3.78. The molecule has 1 aromatic carbocycles. The Bertz CT molecular complexity index is 1160. The Balaban J connectivity index is 1.74. The van der Waals surface area contributed by atoms with Crippen LogP contribution in [0.15, 0.2) is 39.2 Å². The molecule has 1 aliphatic heterocycles. The lowest BCUT2D eigenvalue weighted by Gasteiger charge is -2.14. The quantitative estimate of drug-likeness (QED) is 0.695. The van der Waals surface area contributed by atoms with Crippen molar-refractivity contribution in [2.75, 3.05) is 13.2 Å². The van der Waals surface area contributed by atoms with E-state index in [-0.39, 0.29) is 24.1 Å². The maximum absolute atomic E-state index is 13.2. The third-order valence-corrected chi connectivity index (χ3v) is 5.96. The number of rotatable bonds is 5. The number of nitrogens with zero attached hydrogens (tertiary/aromatic N) is 2. The SMILES string of the molecule is Cc1cc(C)cc(-n2c(=O)c3sccc3n(CC(=O)NCC3CCCO3)c2=O)c1. The first-order chi connectivity index (χ1) is 13.9. The van der Waals surface area contributed by atoms with E-state index < -0.39 is 5.69 Å². The second-order valence-corrected chi connectivity index (χ2v) is 8.35. The highest BCUT2D eigenvalue weighted by Gasteiger charge is 2.19. The van der Waals surface area contributed by atoms with Crippen LogP contribution in [0.1, 0.15) is 24.0 Å². The first kappa shape index (κ1) is 19.6. The van der Waals surface area contributed by atoms with E-state index in [1.54, 1.807) is 23.6 Å². The smallest absolute Gasteiger partial charge is 0.336 e. The maximum atomic E-state index is 13.2. The van der Waals surface area contributed by atoms with E-state index in [0.717, 1.165) is 35.1 Å². The van der Waals surface area contributed by atoms with Crippen LogP contribution < -0.4 is 16.6 Å². The summed E-state index contributed by atoms with van der Waals surface area (Å²) in [5.41, 5.74) is 2.04. The fourth-order valence-corrected chi connectivity index (χ4v) is 4.60. The predicted molar refractivity (Wildman–Crippen MR) is 113 cm³/mol. The molecule has 1 saturated heterocycles. The topological polar surface area (TPSA) is 82.3 Å². The minimum absolute atomic E-state index is 0.0288. The van der Waals surface area contributed by atoms with E-state index in [2.05, 4.69) is 5.32 Å². The molecule has 8 heteroatoms. The molecule has 0 radical (unpaired) electrons. The number of benzene rings is 1. The van der Waals surface area contributed by atoms with Crippen LogP contribution in [0.5, 0.6) is 0 Å². The summed E-state index contributed by atoms with van der Waals surface area (Å²) in [5, 5.41) is 4.60. The molecule has 0 spiro atoms. The standard InChI is InChI=1S/C21H23N3O4S/c1-13-8-14(2)10-15(9-13)24-20(26)19-17(5-7-29-19)23(21(24)27)12-18(25)22-11-16-4-3-6-28-16/h5,7-10,16H,3-4,6,11-12H2,1-2H3,(H,22,25). The Morgan fingerprint density at radius 1 is 1.24 bits per heavy atom. The highest BCUT2D eigenvalue weighted by Crippen LogP contribution is 2.17. The van der Waals surface area contributed by atoms with E-state index in [1.807, 2.05) is 19.9 Å². The van der Waals surface area contributed by atoms with Crippen molar-refractivity contribution in [1.29, 1.82) is 0 Å². The van der Waals surface area contributed by atoms with Gasteiger partial charge in [-0.1, -0.05) is 6.07 Å². The number of amides is 1. The number of nitrogens with one attached hydrogen (secondary N) is 1. The zero-order valence-corrected chi connectivity index (χ0v) is 17.3. The number of hydrogen-bond acceptors (Lipinski definition) is 5. The van der Waals surface area contributed by atoms with E-state index in [4.69, 9.17) is 4.74 Å². The molecular formula is C21H23N3O4S. The van der Waals surface area contributed by atoms with E-state index >= 15 is 0 Å². The summed E-state index contributed by atoms with van der Waals surface area (Å²) in [5.74, 6) is -0.277. The van der Waals surface area contributed by atoms with Crippen LogP contribution in [-0.4, -0.2) is 34.3 Å². The summed E-state index contributed by atoms with van der Waals surface area (Å²) >= 11 is 1.27. The van der Waals surface area contributed by atoms with E-state index in [1.165, 1.54) is 15.9 Å². The molecular weight excluding hydrogens is 390 g/mol. The lowest BCUT2D eigenvalue weighted by molar-refractivity contribution is -0.122. The molecule has 1 unspecified atom stereocenters. The van der Waals surface area contributed by atoms with Crippen molar-refractivity contribution >= 4 is 27.5 Å². The largest absolute Gasteiger partial charge is 0.376 e. The number of ether oxygens (including phenoxy) is 1. The van der Waals surface area contributed by atoms with Crippen molar-refractivity contribution in [2.45, 2.75) is 39.3 Å². The molecule has 2 aromatic heterocycles.